The fourth-order valence-corrected chi connectivity index (χ4v) is 2.14. The van der Waals surface area contributed by atoms with E-state index < -0.39 is 5.82 Å². The molecule has 0 spiro atoms. The largest absolute Gasteiger partial charge is 0.456 e. The molecule has 3 N–H and O–H groups in total. The quantitative estimate of drug-likeness (QED) is 0.656. The van der Waals surface area contributed by atoms with Crippen molar-refractivity contribution in [3.63, 3.8) is 0 Å². The number of nitrogen functional groups attached to an aromatic ring is 1. The lowest BCUT2D eigenvalue weighted by atomic mass is 9.86. The average molecular weight is 286 g/mol. The SMILES string of the molecule is CC(C)(C)c1ccccc1Oc1cccc(F)c1C(=N)N. The van der Waals surface area contributed by atoms with Gasteiger partial charge in [0.15, 0.2) is 0 Å². The lowest BCUT2D eigenvalue weighted by Gasteiger charge is -2.23. The maximum Gasteiger partial charge on any atom is 0.141 e. The third kappa shape index (κ3) is 3.21. The van der Waals surface area contributed by atoms with E-state index in [0.717, 1.165) is 5.56 Å². The standard InChI is InChI=1S/C17H19FN2O/c1-17(2,3)11-7-4-5-9-13(11)21-14-10-6-8-12(18)15(14)16(19)20/h4-10H,1-3H3,(H3,19,20). The first-order valence-corrected chi connectivity index (χ1v) is 6.71. The number of halogens is 1. The fourth-order valence-electron chi connectivity index (χ4n) is 2.14. The molecule has 0 radical (unpaired) electrons. The Kier molecular flexibility index (Phi) is 3.98. The third-order valence-electron chi connectivity index (χ3n) is 3.16. The summed E-state index contributed by atoms with van der Waals surface area (Å²) in [4.78, 5) is 0. The molecule has 0 aliphatic rings. The van der Waals surface area contributed by atoms with Crippen LogP contribution >= 0.6 is 0 Å². The molecular formula is C17H19FN2O. The first-order chi connectivity index (χ1) is 9.80. The first-order valence-electron chi connectivity index (χ1n) is 6.71. The van der Waals surface area contributed by atoms with Crippen LogP contribution < -0.4 is 10.5 Å². The van der Waals surface area contributed by atoms with Gasteiger partial charge < -0.3 is 10.5 Å². The number of nitrogens with two attached hydrogens (primary N) is 1. The summed E-state index contributed by atoms with van der Waals surface area (Å²) in [5.74, 6) is -0.0260. The molecule has 0 saturated heterocycles. The number of hydrogen-bond donors (Lipinski definition) is 2. The number of benzene rings is 2. The number of rotatable bonds is 3. The van der Waals surface area contributed by atoms with Crippen LogP contribution in [0.2, 0.25) is 0 Å². The van der Waals surface area contributed by atoms with Crippen LogP contribution in [0.3, 0.4) is 0 Å². The molecule has 0 amide bonds. The van der Waals surface area contributed by atoms with Gasteiger partial charge in [0.25, 0.3) is 0 Å². The molecule has 0 aliphatic heterocycles. The summed E-state index contributed by atoms with van der Waals surface area (Å²) >= 11 is 0. The molecule has 2 aromatic carbocycles. The average Bonchev–Trinajstić information content (AvgIpc) is 2.37. The zero-order valence-corrected chi connectivity index (χ0v) is 12.4. The number of ether oxygens (including phenoxy) is 1. The number of amidine groups is 1. The predicted molar refractivity (Wildman–Crippen MR) is 82.6 cm³/mol. The van der Waals surface area contributed by atoms with Gasteiger partial charge in [-0.1, -0.05) is 45.0 Å². The second-order valence-electron chi connectivity index (χ2n) is 5.87. The Hall–Kier alpha value is -2.36. The van der Waals surface area contributed by atoms with Gasteiger partial charge in [0.1, 0.15) is 23.2 Å². The van der Waals surface area contributed by atoms with Crippen molar-refractivity contribution in [3.8, 4) is 11.5 Å². The highest BCUT2D eigenvalue weighted by Gasteiger charge is 2.20. The minimum atomic E-state index is -0.562. The molecule has 0 aliphatic carbocycles. The Bertz CT molecular complexity index is 675. The second kappa shape index (κ2) is 5.56. The second-order valence-corrected chi connectivity index (χ2v) is 5.87. The number of nitrogens with one attached hydrogen (secondary N) is 1. The van der Waals surface area contributed by atoms with Crippen LogP contribution in [0.25, 0.3) is 0 Å². The van der Waals surface area contributed by atoms with Crippen molar-refractivity contribution in [1.29, 1.82) is 5.41 Å². The minimum absolute atomic E-state index is 0.0128. The van der Waals surface area contributed by atoms with Crippen LogP contribution in [0.1, 0.15) is 31.9 Å². The van der Waals surface area contributed by atoms with Crippen LogP contribution in [0.4, 0.5) is 4.39 Å². The van der Waals surface area contributed by atoms with E-state index in [4.69, 9.17) is 15.9 Å². The molecule has 2 aromatic rings. The monoisotopic (exact) mass is 286 g/mol. The maximum absolute atomic E-state index is 13.8. The van der Waals surface area contributed by atoms with E-state index in [-0.39, 0.29) is 22.6 Å². The Labute approximate surface area is 124 Å². The number of hydrogen-bond acceptors (Lipinski definition) is 2. The van der Waals surface area contributed by atoms with E-state index in [9.17, 15) is 4.39 Å². The summed E-state index contributed by atoms with van der Waals surface area (Å²) in [5, 5.41) is 7.52. The molecular weight excluding hydrogens is 267 g/mol. The van der Waals surface area contributed by atoms with Crippen LogP contribution in [0.5, 0.6) is 11.5 Å². The van der Waals surface area contributed by atoms with Gasteiger partial charge in [-0.25, -0.2) is 4.39 Å². The van der Waals surface area contributed by atoms with Crippen molar-refractivity contribution in [1.82, 2.24) is 0 Å². The van der Waals surface area contributed by atoms with E-state index in [1.54, 1.807) is 6.07 Å². The van der Waals surface area contributed by atoms with E-state index in [2.05, 4.69) is 20.8 Å². The first kappa shape index (κ1) is 15.0. The molecule has 0 unspecified atom stereocenters. The van der Waals surface area contributed by atoms with Gasteiger partial charge in [-0.2, -0.15) is 0 Å². The Morgan fingerprint density at radius 2 is 1.67 bits per heavy atom. The van der Waals surface area contributed by atoms with Crippen LogP contribution in [-0.2, 0) is 5.41 Å². The van der Waals surface area contributed by atoms with E-state index in [1.807, 2.05) is 24.3 Å². The van der Waals surface area contributed by atoms with Gasteiger partial charge in [-0.05, 0) is 23.6 Å². The van der Waals surface area contributed by atoms with Gasteiger partial charge in [0.2, 0.25) is 0 Å². The molecule has 21 heavy (non-hydrogen) atoms. The summed E-state index contributed by atoms with van der Waals surface area (Å²) in [5.41, 5.74) is 6.34. The van der Waals surface area contributed by atoms with Crippen LogP contribution in [-0.4, -0.2) is 5.84 Å². The van der Waals surface area contributed by atoms with Crippen molar-refractivity contribution in [2.45, 2.75) is 26.2 Å². The zero-order chi connectivity index (χ0) is 15.6. The Morgan fingerprint density at radius 3 is 2.29 bits per heavy atom. The summed E-state index contributed by atoms with van der Waals surface area (Å²) < 4.78 is 19.7. The van der Waals surface area contributed by atoms with Crippen molar-refractivity contribution < 1.29 is 9.13 Å². The minimum Gasteiger partial charge on any atom is -0.456 e. The Balaban J connectivity index is 2.50. The van der Waals surface area contributed by atoms with Crippen molar-refractivity contribution in [2.24, 2.45) is 5.73 Å². The van der Waals surface area contributed by atoms with E-state index in [0.29, 0.717) is 5.75 Å². The van der Waals surface area contributed by atoms with Gasteiger partial charge in [-0.15, -0.1) is 0 Å². The molecule has 4 heteroatoms. The smallest absolute Gasteiger partial charge is 0.141 e. The Morgan fingerprint density at radius 1 is 1.05 bits per heavy atom. The number of para-hydroxylation sites is 1. The summed E-state index contributed by atoms with van der Waals surface area (Å²) in [6.45, 7) is 6.23. The predicted octanol–water partition coefficient (Wildman–Crippen LogP) is 4.20. The topological polar surface area (TPSA) is 59.1 Å². The molecule has 0 aromatic heterocycles. The summed E-state index contributed by atoms with van der Waals surface area (Å²) in [6, 6.07) is 12.0. The molecule has 3 nitrogen and oxygen atoms in total. The molecule has 2 rings (SSSR count). The van der Waals surface area contributed by atoms with Gasteiger partial charge >= 0.3 is 0 Å². The van der Waals surface area contributed by atoms with Crippen LogP contribution in [0, 0.1) is 11.2 Å². The van der Waals surface area contributed by atoms with Crippen LogP contribution in [0.15, 0.2) is 42.5 Å². The molecule has 0 heterocycles. The van der Waals surface area contributed by atoms with Crippen molar-refractivity contribution >= 4 is 5.84 Å². The molecule has 0 atom stereocenters. The van der Waals surface area contributed by atoms with Gasteiger partial charge in [-0.3, -0.25) is 5.41 Å². The van der Waals surface area contributed by atoms with Gasteiger partial charge in [0.05, 0.1) is 5.56 Å². The molecule has 0 bridgehead atoms. The maximum atomic E-state index is 13.8. The highest BCUT2D eigenvalue weighted by atomic mass is 19.1. The zero-order valence-electron chi connectivity index (χ0n) is 12.4. The van der Waals surface area contributed by atoms with E-state index in [1.165, 1.54) is 12.1 Å². The fraction of sp³-hybridized carbons (Fsp3) is 0.235. The summed E-state index contributed by atoms with van der Waals surface area (Å²) in [6.07, 6.45) is 0. The molecule has 0 fully saturated rings. The van der Waals surface area contributed by atoms with Gasteiger partial charge in [0, 0.05) is 5.56 Å². The van der Waals surface area contributed by atoms with Crippen molar-refractivity contribution in [3.05, 3.63) is 59.4 Å². The van der Waals surface area contributed by atoms with Crippen molar-refractivity contribution in [2.75, 3.05) is 0 Å². The normalized spacial score (nSPS) is 11.2. The van der Waals surface area contributed by atoms with E-state index >= 15 is 0 Å². The highest BCUT2D eigenvalue weighted by Crippen LogP contribution is 2.35. The molecule has 0 saturated carbocycles. The highest BCUT2D eigenvalue weighted by molar-refractivity contribution is 5.98. The lowest BCUT2D eigenvalue weighted by Crippen LogP contribution is -2.16. The molecule has 110 valence electrons. The summed E-state index contributed by atoms with van der Waals surface area (Å²) in [7, 11) is 0. The third-order valence-corrected chi connectivity index (χ3v) is 3.16. The lowest BCUT2D eigenvalue weighted by molar-refractivity contribution is 0.450.